The molecule has 0 saturated carbocycles. The second-order valence-corrected chi connectivity index (χ2v) is 8.30. The molecule has 2 amide bonds. The van der Waals surface area contributed by atoms with E-state index in [1.165, 1.54) is 29.1 Å². The van der Waals surface area contributed by atoms with Gasteiger partial charge in [0, 0.05) is 11.8 Å². The normalized spacial score (nSPS) is 11.7. The molecule has 0 saturated heterocycles. The first-order valence-electron chi connectivity index (χ1n) is 10.4. The van der Waals surface area contributed by atoms with Crippen LogP contribution in [0, 0.1) is 12.7 Å². The lowest BCUT2D eigenvalue weighted by atomic mass is 10.1. The van der Waals surface area contributed by atoms with Crippen LogP contribution in [0.2, 0.25) is 10.0 Å². The average molecular weight is 516 g/mol. The summed E-state index contributed by atoms with van der Waals surface area (Å²) in [6.07, 6.45) is 4.67. The third-order valence-corrected chi connectivity index (χ3v) is 5.58. The van der Waals surface area contributed by atoms with Crippen molar-refractivity contribution in [3.63, 3.8) is 0 Å². The number of nitrogens with zero attached hydrogens (tertiary/aromatic N) is 4. The van der Waals surface area contributed by atoms with E-state index >= 15 is 0 Å². The molecule has 0 aliphatic carbocycles. The fourth-order valence-corrected chi connectivity index (χ4v) is 3.57. The Bertz CT molecular complexity index is 1370. The van der Waals surface area contributed by atoms with Gasteiger partial charge in [-0.15, -0.1) is 0 Å². The molecule has 4 rings (SSSR count). The van der Waals surface area contributed by atoms with Gasteiger partial charge in [0.25, 0.3) is 0 Å². The quantitative estimate of drug-likeness (QED) is 0.274. The number of anilines is 3. The number of nitrogens with one attached hydrogen (secondary N) is 3. The molecule has 1 atom stereocenters. The Morgan fingerprint density at radius 3 is 2.71 bits per heavy atom. The van der Waals surface area contributed by atoms with Crippen molar-refractivity contribution in [1.82, 2.24) is 25.1 Å². The molecule has 180 valence electrons. The second kappa shape index (κ2) is 10.7. The molecule has 0 fully saturated rings. The summed E-state index contributed by atoms with van der Waals surface area (Å²) in [6.45, 7) is 1.42. The predicted octanol–water partition coefficient (Wildman–Crippen LogP) is 5.02. The summed E-state index contributed by atoms with van der Waals surface area (Å²) in [5.41, 5.74) is 2.25. The maximum absolute atomic E-state index is 13.4. The van der Waals surface area contributed by atoms with Gasteiger partial charge in [0.1, 0.15) is 5.82 Å². The molecular formula is C23H20Cl2FN7O2. The minimum absolute atomic E-state index is 0.104. The van der Waals surface area contributed by atoms with Gasteiger partial charge in [-0.05, 0) is 36.8 Å². The molecule has 4 N–H and O–H groups in total. The molecule has 4 aromatic rings. The number of para-hydroxylation sites is 1. The van der Waals surface area contributed by atoms with E-state index in [0.29, 0.717) is 33.7 Å². The number of halogens is 3. The van der Waals surface area contributed by atoms with E-state index in [4.69, 9.17) is 23.2 Å². The summed E-state index contributed by atoms with van der Waals surface area (Å²) in [5.74, 6) is 0.233. The number of aryl methyl sites for hydroxylation is 1. The van der Waals surface area contributed by atoms with E-state index < -0.39 is 24.5 Å². The Kier molecular flexibility index (Phi) is 7.45. The summed E-state index contributed by atoms with van der Waals surface area (Å²) < 4.78 is 14.9. The zero-order chi connectivity index (χ0) is 24.9. The number of urea groups is 1. The van der Waals surface area contributed by atoms with Gasteiger partial charge in [-0.25, -0.2) is 18.9 Å². The second-order valence-electron chi connectivity index (χ2n) is 7.49. The average Bonchev–Trinajstić information content (AvgIpc) is 3.30. The van der Waals surface area contributed by atoms with Crippen molar-refractivity contribution >= 4 is 46.6 Å². The number of hydrogen-bond donors (Lipinski definition) is 4. The van der Waals surface area contributed by atoms with Gasteiger partial charge in [0.2, 0.25) is 5.95 Å². The monoisotopic (exact) mass is 515 g/mol. The molecule has 9 nitrogen and oxygen atoms in total. The molecule has 0 bridgehead atoms. The number of carbonyl (C=O) groups excluding carboxylic acids is 1. The van der Waals surface area contributed by atoms with Crippen molar-refractivity contribution in [2.45, 2.75) is 13.0 Å². The van der Waals surface area contributed by atoms with Gasteiger partial charge >= 0.3 is 6.03 Å². The van der Waals surface area contributed by atoms with Crippen LogP contribution in [0.5, 0.6) is 0 Å². The first-order valence-corrected chi connectivity index (χ1v) is 11.1. The zero-order valence-electron chi connectivity index (χ0n) is 18.3. The van der Waals surface area contributed by atoms with Crippen molar-refractivity contribution in [3.8, 4) is 5.82 Å². The lowest BCUT2D eigenvalue weighted by molar-refractivity contribution is 0.225. The molecule has 2 aromatic carbocycles. The molecule has 0 spiro atoms. The van der Waals surface area contributed by atoms with Crippen molar-refractivity contribution in [3.05, 3.63) is 88.0 Å². The van der Waals surface area contributed by atoms with Gasteiger partial charge in [0.05, 0.1) is 46.5 Å². The Hall–Kier alpha value is -3.73. The Labute approximate surface area is 209 Å². The number of carbonyl (C=O) groups is 1. The van der Waals surface area contributed by atoms with Crippen molar-refractivity contribution < 1.29 is 14.3 Å². The van der Waals surface area contributed by atoms with Crippen molar-refractivity contribution in [1.29, 1.82) is 0 Å². The maximum atomic E-state index is 13.4. The van der Waals surface area contributed by atoms with E-state index in [-0.39, 0.29) is 5.02 Å². The molecule has 0 aliphatic heterocycles. The summed E-state index contributed by atoms with van der Waals surface area (Å²) in [6, 6.07) is 9.79. The molecular weight excluding hydrogens is 496 g/mol. The number of aliphatic hydroxyl groups excluding tert-OH is 1. The highest BCUT2D eigenvalue weighted by Gasteiger charge is 2.16. The third kappa shape index (κ3) is 5.86. The largest absolute Gasteiger partial charge is 0.394 e. The molecule has 0 radical (unpaired) electrons. The first kappa shape index (κ1) is 24.4. The summed E-state index contributed by atoms with van der Waals surface area (Å²) in [4.78, 5) is 21.3. The van der Waals surface area contributed by atoms with E-state index in [2.05, 4.69) is 31.0 Å². The lowest BCUT2D eigenvalue weighted by Crippen LogP contribution is -2.34. The van der Waals surface area contributed by atoms with Crippen LogP contribution in [-0.4, -0.2) is 37.5 Å². The maximum Gasteiger partial charge on any atom is 0.319 e. The molecule has 35 heavy (non-hydrogen) atoms. The van der Waals surface area contributed by atoms with Gasteiger partial charge in [-0.3, -0.25) is 0 Å². The highest BCUT2D eigenvalue weighted by molar-refractivity contribution is 6.33. The van der Waals surface area contributed by atoms with E-state index in [1.54, 1.807) is 24.5 Å². The topological polar surface area (TPSA) is 117 Å². The van der Waals surface area contributed by atoms with Crippen LogP contribution in [0.1, 0.15) is 17.2 Å². The van der Waals surface area contributed by atoms with Gasteiger partial charge in [0.15, 0.2) is 5.82 Å². The molecule has 0 aliphatic rings. The van der Waals surface area contributed by atoms with E-state index in [1.807, 2.05) is 19.1 Å². The highest BCUT2D eigenvalue weighted by atomic mass is 35.5. The van der Waals surface area contributed by atoms with Crippen LogP contribution in [0.25, 0.3) is 5.82 Å². The van der Waals surface area contributed by atoms with Crippen LogP contribution in [0.15, 0.2) is 61.1 Å². The lowest BCUT2D eigenvalue weighted by Gasteiger charge is -2.17. The summed E-state index contributed by atoms with van der Waals surface area (Å²) >= 11 is 12.0. The van der Waals surface area contributed by atoms with Crippen LogP contribution >= 0.6 is 23.2 Å². The first-order chi connectivity index (χ1) is 16.8. The standard InChI is InChI=1S/C23H20Cl2FN7O2/c1-13-9-27-22(30-19-5-3-2-4-16(19)24)32-21(13)33-11-15(10-28-33)29-23(35)31-20(12-34)14-6-7-18(26)17(25)8-14/h2-11,20,34H,12H2,1H3,(H,27,30,32)(H2,29,31,35). The smallest absolute Gasteiger partial charge is 0.319 e. The fourth-order valence-electron chi connectivity index (χ4n) is 3.20. The fraction of sp³-hybridized carbons (Fsp3) is 0.130. The highest BCUT2D eigenvalue weighted by Crippen LogP contribution is 2.24. The van der Waals surface area contributed by atoms with Gasteiger partial charge in [-0.1, -0.05) is 41.4 Å². The molecule has 2 heterocycles. The molecule has 2 aromatic heterocycles. The Balaban J connectivity index is 1.46. The van der Waals surface area contributed by atoms with Gasteiger partial charge in [-0.2, -0.15) is 10.1 Å². The Morgan fingerprint density at radius 2 is 1.97 bits per heavy atom. The minimum Gasteiger partial charge on any atom is -0.394 e. The minimum atomic E-state index is -0.786. The van der Waals surface area contributed by atoms with Crippen LogP contribution in [0.4, 0.5) is 26.5 Å². The number of benzene rings is 2. The van der Waals surface area contributed by atoms with E-state index in [9.17, 15) is 14.3 Å². The number of aromatic nitrogens is 4. The molecule has 1 unspecified atom stereocenters. The van der Waals surface area contributed by atoms with Crippen LogP contribution in [-0.2, 0) is 0 Å². The SMILES string of the molecule is Cc1cnc(Nc2ccccc2Cl)nc1-n1cc(NC(=O)NC(CO)c2ccc(F)c(Cl)c2)cn1. The van der Waals surface area contributed by atoms with Gasteiger partial charge < -0.3 is 21.1 Å². The van der Waals surface area contributed by atoms with E-state index in [0.717, 1.165) is 5.56 Å². The van der Waals surface area contributed by atoms with Crippen LogP contribution < -0.4 is 16.0 Å². The zero-order valence-corrected chi connectivity index (χ0v) is 19.8. The number of amides is 2. The van der Waals surface area contributed by atoms with Crippen molar-refractivity contribution in [2.75, 3.05) is 17.2 Å². The molecule has 12 heteroatoms. The van der Waals surface area contributed by atoms with Crippen molar-refractivity contribution in [2.24, 2.45) is 0 Å². The Morgan fingerprint density at radius 1 is 1.17 bits per heavy atom. The number of rotatable bonds is 7. The summed E-state index contributed by atoms with van der Waals surface area (Å²) in [5, 5.41) is 22.7. The van der Waals surface area contributed by atoms with Crippen LogP contribution in [0.3, 0.4) is 0 Å². The third-order valence-electron chi connectivity index (χ3n) is 4.96. The summed E-state index contributed by atoms with van der Waals surface area (Å²) in [7, 11) is 0. The predicted molar refractivity (Wildman–Crippen MR) is 132 cm³/mol. The number of hydrogen-bond acceptors (Lipinski definition) is 6. The number of aliphatic hydroxyl groups is 1.